The van der Waals surface area contributed by atoms with Crippen molar-refractivity contribution in [1.82, 2.24) is 5.32 Å². The van der Waals surface area contributed by atoms with Gasteiger partial charge in [0.05, 0.1) is 0 Å². The Balaban J connectivity index is 4.66. The van der Waals surface area contributed by atoms with E-state index in [2.05, 4.69) is 5.32 Å². The van der Waals surface area contributed by atoms with E-state index in [1.807, 2.05) is 13.8 Å². The third-order valence-electron chi connectivity index (χ3n) is 2.38. The van der Waals surface area contributed by atoms with Crippen molar-refractivity contribution in [2.24, 2.45) is 5.92 Å². The van der Waals surface area contributed by atoms with Gasteiger partial charge in [0, 0.05) is 19.6 Å². The van der Waals surface area contributed by atoms with Gasteiger partial charge in [0.25, 0.3) is 0 Å². The van der Waals surface area contributed by atoms with Crippen LogP contribution in [0.2, 0.25) is 0 Å². The number of hydrogen-bond donors (Lipinski definition) is 1. The molecule has 0 bridgehead atoms. The summed E-state index contributed by atoms with van der Waals surface area (Å²) in [5, 5.41) is 2.57. The fourth-order valence-electron chi connectivity index (χ4n) is 1.59. The van der Waals surface area contributed by atoms with Gasteiger partial charge in [-0.1, -0.05) is 13.8 Å². The lowest BCUT2D eigenvalue weighted by Gasteiger charge is -2.26. The normalized spacial score (nSPS) is 13.6. The second-order valence-corrected chi connectivity index (χ2v) is 7.99. The summed E-state index contributed by atoms with van der Waals surface area (Å²) in [5.41, 5.74) is -1.25. The van der Waals surface area contributed by atoms with Crippen molar-refractivity contribution in [3.8, 4) is 0 Å². The van der Waals surface area contributed by atoms with Crippen molar-refractivity contribution in [2.45, 2.75) is 79.1 Å². The lowest BCUT2D eigenvalue weighted by atomic mass is 10.1. The van der Waals surface area contributed by atoms with E-state index < -0.39 is 29.3 Å². The monoisotopic (exact) mass is 331 g/mol. The second kappa shape index (κ2) is 9.11. The molecule has 23 heavy (non-hydrogen) atoms. The second-order valence-electron chi connectivity index (χ2n) is 7.99. The van der Waals surface area contributed by atoms with E-state index in [-0.39, 0.29) is 0 Å². The Kier molecular flexibility index (Phi) is 8.59. The van der Waals surface area contributed by atoms with Crippen LogP contribution >= 0.6 is 0 Å². The van der Waals surface area contributed by atoms with Crippen LogP contribution in [0, 0.1) is 5.92 Å². The smallest absolute Gasteiger partial charge is 0.408 e. The summed E-state index contributed by atoms with van der Waals surface area (Å²) in [6.07, 6.45) is -0.307. The first-order chi connectivity index (χ1) is 10.3. The number of ether oxygens (including phenoxy) is 3. The van der Waals surface area contributed by atoms with Crippen molar-refractivity contribution in [2.75, 3.05) is 13.2 Å². The fraction of sp³-hybridized carbons (Fsp3) is 0.882. The highest BCUT2D eigenvalue weighted by Gasteiger charge is 2.28. The molecule has 0 saturated heterocycles. The zero-order valence-electron chi connectivity index (χ0n) is 15.8. The maximum atomic E-state index is 12.2. The third-order valence-corrected chi connectivity index (χ3v) is 2.38. The standard InChI is InChI=1S/C17H33NO5/c1-12(2)11-21-10-9-13(14(19)22-16(3,4)5)18-15(20)23-17(6,7)8/h12-13H,9-11H2,1-8H3,(H,18,20)/t13-/m0/s1. The van der Waals surface area contributed by atoms with Crippen molar-refractivity contribution >= 4 is 12.1 Å². The van der Waals surface area contributed by atoms with E-state index in [1.165, 1.54) is 0 Å². The Hall–Kier alpha value is -1.30. The minimum atomic E-state index is -0.795. The molecule has 0 aliphatic heterocycles. The van der Waals surface area contributed by atoms with Crippen LogP contribution in [0.5, 0.6) is 0 Å². The number of amides is 1. The van der Waals surface area contributed by atoms with Crippen molar-refractivity contribution < 1.29 is 23.8 Å². The number of hydrogen-bond acceptors (Lipinski definition) is 5. The maximum absolute atomic E-state index is 12.2. The molecule has 0 aliphatic carbocycles. The van der Waals surface area contributed by atoms with Crippen molar-refractivity contribution in [1.29, 1.82) is 0 Å². The quantitative estimate of drug-likeness (QED) is 0.572. The molecule has 0 aromatic carbocycles. The van der Waals surface area contributed by atoms with Gasteiger partial charge in [-0.3, -0.25) is 0 Å². The van der Waals surface area contributed by atoms with Crippen LogP contribution in [0.4, 0.5) is 4.79 Å². The molecule has 6 heteroatoms. The highest BCUT2D eigenvalue weighted by molar-refractivity contribution is 5.81. The average molecular weight is 331 g/mol. The van der Waals surface area contributed by atoms with E-state index in [1.54, 1.807) is 41.5 Å². The third kappa shape index (κ3) is 12.9. The molecule has 0 aliphatic rings. The summed E-state index contributed by atoms with van der Waals surface area (Å²) in [6.45, 7) is 15.7. The molecule has 6 nitrogen and oxygen atoms in total. The molecule has 0 aromatic rings. The Labute approximate surface area is 140 Å². The number of rotatable bonds is 7. The summed E-state index contributed by atoms with van der Waals surface area (Å²) in [5.74, 6) is -0.0784. The molecular weight excluding hydrogens is 298 g/mol. The van der Waals surface area contributed by atoms with Crippen LogP contribution in [0.15, 0.2) is 0 Å². The van der Waals surface area contributed by atoms with Gasteiger partial charge in [-0.15, -0.1) is 0 Å². The van der Waals surface area contributed by atoms with Gasteiger partial charge in [0.2, 0.25) is 0 Å². The van der Waals surface area contributed by atoms with Gasteiger partial charge >= 0.3 is 12.1 Å². The first kappa shape index (κ1) is 21.7. The largest absolute Gasteiger partial charge is 0.458 e. The van der Waals surface area contributed by atoms with E-state index in [4.69, 9.17) is 14.2 Å². The first-order valence-corrected chi connectivity index (χ1v) is 8.10. The Morgan fingerprint density at radius 1 is 0.957 bits per heavy atom. The molecule has 0 fully saturated rings. The molecule has 1 amide bonds. The fourth-order valence-corrected chi connectivity index (χ4v) is 1.59. The molecule has 0 rings (SSSR count). The SMILES string of the molecule is CC(C)COCC[C@H](NC(=O)OC(C)(C)C)C(=O)OC(C)(C)C. The summed E-state index contributed by atoms with van der Waals surface area (Å²) in [7, 11) is 0. The zero-order chi connectivity index (χ0) is 18.3. The maximum Gasteiger partial charge on any atom is 0.408 e. The van der Waals surface area contributed by atoms with Gasteiger partial charge in [-0.05, 0) is 47.5 Å². The molecule has 0 unspecified atom stereocenters. The molecule has 0 aromatic heterocycles. The van der Waals surface area contributed by atoms with Gasteiger partial charge in [0.15, 0.2) is 0 Å². The summed E-state index contributed by atoms with van der Waals surface area (Å²) >= 11 is 0. The molecule has 136 valence electrons. The van der Waals surface area contributed by atoms with E-state index >= 15 is 0 Å². The average Bonchev–Trinajstić information content (AvgIpc) is 2.27. The molecule has 0 spiro atoms. The van der Waals surface area contributed by atoms with Crippen molar-refractivity contribution in [3.05, 3.63) is 0 Å². The van der Waals surface area contributed by atoms with Crippen LogP contribution < -0.4 is 5.32 Å². The number of esters is 1. The van der Waals surface area contributed by atoms with E-state index in [9.17, 15) is 9.59 Å². The Bertz CT molecular complexity index is 379. The molecule has 0 radical (unpaired) electrons. The van der Waals surface area contributed by atoms with E-state index in [0.29, 0.717) is 25.6 Å². The number of alkyl carbamates (subject to hydrolysis) is 1. The van der Waals surface area contributed by atoms with Crippen LogP contribution in [0.1, 0.15) is 61.8 Å². The van der Waals surface area contributed by atoms with Crippen LogP contribution in [-0.4, -0.2) is 42.5 Å². The summed E-state index contributed by atoms with van der Waals surface area (Å²) in [6, 6.07) is -0.795. The highest BCUT2D eigenvalue weighted by Crippen LogP contribution is 2.12. The minimum absolute atomic E-state index is 0.334. The van der Waals surface area contributed by atoms with Gasteiger partial charge in [0.1, 0.15) is 17.2 Å². The molecule has 1 atom stereocenters. The Morgan fingerprint density at radius 3 is 1.91 bits per heavy atom. The van der Waals surface area contributed by atoms with Gasteiger partial charge in [-0.2, -0.15) is 0 Å². The van der Waals surface area contributed by atoms with Crippen LogP contribution in [0.3, 0.4) is 0 Å². The highest BCUT2D eigenvalue weighted by atomic mass is 16.6. The molecule has 1 N–H and O–H groups in total. The first-order valence-electron chi connectivity index (χ1n) is 8.10. The van der Waals surface area contributed by atoms with Crippen LogP contribution in [-0.2, 0) is 19.0 Å². The molecule has 0 saturated carbocycles. The minimum Gasteiger partial charge on any atom is -0.458 e. The Morgan fingerprint density at radius 2 is 1.48 bits per heavy atom. The van der Waals surface area contributed by atoms with Crippen molar-refractivity contribution in [3.63, 3.8) is 0 Å². The lowest BCUT2D eigenvalue weighted by molar-refractivity contribution is -0.158. The number of nitrogens with one attached hydrogen (secondary N) is 1. The number of carbonyl (C=O) groups excluding carboxylic acids is 2. The predicted octanol–water partition coefficient (Wildman–Crippen LogP) is 3.28. The zero-order valence-corrected chi connectivity index (χ0v) is 15.8. The number of carbonyl (C=O) groups is 2. The van der Waals surface area contributed by atoms with E-state index in [0.717, 1.165) is 0 Å². The van der Waals surface area contributed by atoms with Gasteiger partial charge < -0.3 is 19.5 Å². The molecular formula is C17H33NO5. The summed E-state index contributed by atoms with van der Waals surface area (Å²) in [4.78, 5) is 24.1. The topological polar surface area (TPSA) is 73.9 Å². The molecule has 0 heterocycles. The predicted molar refractivity (Wildman–Crippen MR) is 89.3 cm³/mol. The van der Waals surface area contributed by atoms with Crippen LogP contribution in [0.25, 0.3) is 0 Å². The summed E-state index contributed by atoms with van der Waals surface area (Å²) < 4.78 is 16.0. The lowest BCUT2D eigenvalue weighted by Crippen LogP contribution is -2.46. The van der Waals surface area contributed by atoms with Gasteiger partial charge in [-0.25, -0.2) is 9.59 Å².